The smallest absolute Gasteiger partial charge is 0.325 e. The Morgan fingerprint density at radius 2 is 1.94 bits per heavy atom. The Bertz CT molecular complexity index is 420. The van der Waals surface area contributed by atoms with E-state index >= 15 is 0 Å². The molecule has 0 atom stereocenters. The molecule has 0 aliphatic carbocycles. The van der Waals surface area contributed by atoms with Crippen LogP contribution < -0.4 is 5.32 Å². The largest absolute Gasteiger partial charge is 0.397 e. The van der Waals surface area contributed by atoms with Crippen molar-refractivity contribution in [2.75, 3.05) is 5.32 Å². The molecule has 0 fully saturated rings. The van der Waals surface area contributed by atoms with Gasteiger partial charge in [0.1, 0.15) is 6.42 Å². The van der Waals surface area contributed by atoms with Gasteiger partial charge in [0.2, 0.25) is 5.91 Å². The third kappa shape index (κ3) is 4.38. The van der Waals surface area contributed by atoms with Gasteiger partial charge in [0.15, 0.2) is 0 Å². The fourth-order valence-electron chi connectivity index (χ4n) is 1.44. The van der Waals surface area contributed by atoms with Crippen molar-refractivity contribution in [3.63, 3.8) is 0 Å². The van der Waals surface area contributed by atoms with Crippen LogP contribution in [0.2, 0.25) is 0 Å². The highest BCUT2D eigenvalue weighted by Crippen LogP contribution is 2.29. The predicted octanol–water partition coefficient (Wildman–Crippen LogP) is 3.96. The van der Waals surface area contributed by atoms with Gasteiger partial charge in [0.25, 0.3) is 0 Å². The molecule has 0 heterocycles. The number of carbonyl (C=O) groups excluding carboxylic acids is 1. The average Bonchev–Trinajstić information content (AvgIpc) is 2.08. The van der Waals surface area contributed by atoms with Gasteiger partial charge in [-0.05, 0) is 47.0 Å². The third-order valence-corrected chi connectivity index (χ3v) is 2.68. The van der Waals surface area contributed by atoms with Crippen LogP contribution in [0.5, 0.6) is 0 Å². The Labute approximate surface area is 105 Å². The second kappa shape index (κ2) is 5.08. The molecule has 0 aliphatic heterocycles. The number of aryl methyl sites for hydroxylation is 2. The summed E-state index contributed by atoms with van der Waals surface area (Å²) >= 11 is 3.21. The first-order valence-corrected chi connectivity index (χ1v) is 5.61. The fraction of sp³-hybridized carbons (Fsp3) is 0.364. The van der Waals surface area contributed by atoms with Crippen molar-refractivity contribution < 1.29 is 18.0 Å². The minimum Gasteiger partial charge on any atom is -0.325 e. The Kier molecular flexibility index (Phi) is 4.19. The molecule has 1 N–H and O–H groups in total. The lowest BCUT2D eigenvalue weighted by atomic mass is 10.1. The maximum Gasteiger partial charge on any atom is 0.397 e. The second-order valence-corrected chi connectivity index (χ2v) is 4.63. The molecule has 0 unspecified atom stereocenters. The summed E-state index contributed by atoms with van der Waals surface area (Å²) in [6, 6.07) is 3.52. The summed E-state index contributed by atoms with van der Waals surface area (Å²) in [5, 5.41) is 2.26. The number of alkyl halides is 3. The first-order valence-electron chi connectivity index (χ1n) is 4.82. The molecule has 2 nitrogen and oxygen atoms in total. The maximum atomic E-state index is 12.0. The lowest BCUT2D eigenvalue weighted by molar-refractivity contribution is -0.150. The van der Waals surface area contributed by atoms with Gasteiger partial charge >= 0.3 is 6.18 Å². The molecule has 0 aliphatic rings. The average molecular weight is 310 g/mol. The predicted molar refractivity (Wildman–Crippen MR) is 62.9 cm³/mol. The van der Waals surface area contributed by atoms with Crippen LogP contribution in [0.4, 0.5) is 18.9 Å². The van der Waals surface area contributed by atoms with Crippen LogP contribution in [0.15, 0.2) is 16.6 Å². The topological polar surface area (TPSA) is 29.1 Å². The molecule has 0 saturated heterocycles. The van der Waals surface area contributed by atoms with E-state index in [0.717, 1.165) is 5.56 Å². The van der Waals surface area contributed by atoms with Crippen molar-refractivity contribution in [1.29, 1.82) is 0 Å². The van der Waals surface area contributed by atoms with Crippen molar-refractivity contribution in [2.24, 2.45) is 0 Å². The number of nitrogens with one attached hydrogen (secondary N) is 1. The summed E-state index contributed by atoms with van der Waals surface area (Å²) in [4.78, 5) is 11.2. The van der Waals surface area contributed by atoms with Crippen molar-refractivity contribution in [2.45, 2.75) is 26.4 Å². The summed E-state index contributed by atoms with van der Waals surface area (Å²) in [7, 11) is 0. The number of halogens is 4. The van der Waals surface area contributed by atoms with Gasteiger partial charge in [-0.25, -0.2) is 0 Å². The quantitative estimate of drug-likeness (QED) is 0.880. The van der Waals surface area contributed by atoms with E-state index in [0.29, 0.717) is 15.7 Å². The maximum absolute atomic E-state index is 12.0. The molecule has 0 bridgehead atoms. The van der Waals surface area contributed by atoms with Crippen LogP contribution in [-0.4, -0.2) is 12.1 Å². The number of hydrogen-bond acceptors (Lipinski definition) is 1. The first-order chi connectivity index (χ1) is 7.69. The summed E-state index contributed by atoms with van der Waals surface area (Å²) in [6.07, 6.45) is -5.97. The molecule has 17 heavy (non-hydrogen) atoms. The number of amides is 1. The van der Waals surface area contributed by atoms with Crippen LogP contribution in [0, 0.1) is 13.8 Å². The molecule has 1 rings (SSSR count). The zero-order valence-corrected chi connectivity index (χ0v) is 10.9. The van der Waals surface area contributed by atoms with E-state index in [1.54, 1.807) is 19.1 Å². The highest BCUT2D eigenvalue weighted by Gasteiger charge is 2.31. The Balaban J connectivity index is 2.86. The van der Waals surface area contributed by atoms with Gasteiger partial charge < -0.3 is 5.32 Å². The van der Waals surface area contributed by atoms with Crippen LogP contribution >= 0.6 is 15.9 Å². The van der Waals surface area contributed by atoms with E-state index in [2.05, 4.69) is 21.2 Å². The standard InChI is InChI=1S/C11H11BrF3NO/c1-6-3-7(2)10(8(12)4-6)16-9(17)5-11(13,14)15/h3-4H,5H2,1-2H3,(H,16,17). The van der Waals surface area contributed by atoms with Crippen LogP contribution in [-0.2, 0) is 4.79 Å². The van der Waals surface area contributed by atoms with E-state index in [1.165, 1.54) is 0 Å². The molecule has 0 spiro atoms. The molecule has 1 aromatic carbocycles. The molecule has 6 heteroatoms. The van der Waals surface area contributed by atoms with Crippen molar-refractivity contribution in [3.8, 4) is 0 Å². The third-order valence-electron chi connectivity index (χ3n) is 2.06. The Morgan fingerprint density at radius 3 is 2.41 bits per heavy atom. The molecule has 0 saturated carbocycles. The number of anilines is 1. The molecular formula is C11H11BrF3NO. The van der Waals surface area contributed by atoms with E-state index in [9.17, 15) is 18.0 Å². The van der Waals surface area contributed by atoms with Gasteiger partial charge in [0.05, 0.1) is 5.69 Å². The molecule has 0 radical (unpaired) electrons. The van der Waals surface area contributed by atoms with Crippen molar-refractivity contribution in [1.82, 2.24) is 0 Å². The number of benzene rings is 1. The van der Waals surface area contributed by atoms with Gasteiger partial charge in [0, 0.05) is 4.47 Å². The molecule has 0 aromatic heterocycles. The van der Waals surface area contributed by atoms with Gasteiger partial charge in [-0.1, -0.05) is 6.07 Å². The summed E-state index contributed by atoms with van der Waals surface area (Å²) in [6.45, 7) is 3.58. The molecular weight excluding hydrogens is 299 g/mol. The van der Waals surface area contributed by atoms with Crippen LogP contribution in [0.1, 0.15) is 17.5 Å². The highest BCUT2D eigenvalue weighted by atomic mass is 79.9. The van der Waals surface area contributed by atoms with Crippen molar-refractivity contribution >= 4 is 27.5 Å². The number of hydrogen-bond donors (Lipinski definition) is 1. The van der Waals surface area contributed by atoms with Gasteiger partial charge in [-0.3, -0.25) is 4.79 Å². The Hall–Kier alpha value is -1.04. The summed E-state index contributed by atoms with van der Waals surface area (Å²) in [5.41, 5.74) is 2.06. The number of carbonyl (C=O) groups is 1. The van der Waals surface area contributed by atoms with Gasteiger partial charge in [-0.2, -0.15) is 13.2 Å². The van der Waals surface area contributed by atoms with E-state index < -0.39 is 18.5 Å². The van der Waals surface area contributed by atoms with E-state index in [1.807, 2.05) is 6.92 Å². The molecule has 1 amide bonds. The molecule has 1 aromatic rings. The zero-order chi connectivity index (χ0) is 13.2. The zero-order valence-electron chi connectivity index (χ0n) is 9.28. The molecule has 94 valence electrons. The summed E-state index contributed by atoms with van der Waals surface area (Å²) < 4.78 is 36.6. The lowest BCUT2D eigenvalue weighted by Gasteiger charge is -2.12. The van der Waals surface area contributed by atoms with E-state index in [4.69, 9.17) is 0 Å². The monoisotopic (exact) mass is 309 g/mol. The Morgan fingerprint density at radius 1 is 1.35 bits per heavy atom. The van der Waals surface area contributed by atoms with Crippen LogP contribution in [0.25, 0.3) is 0 Å². The fourth-order valence-corrected chi connectivity index (χ4v) is 2.21. The number of rotatable bonds is 2. The first kappa shape index (κ1) is 14.0. The highest BCUT2D eigenvalue weighted by molar-refractivity contribution is 9.10. The van der Waals surface area contributed by atoms with Crippen LogP contribution in [0.3, 0.4) is 0 Å². The summed E-state index contributed by atoms with van der Waals surface area (Å²) in [5.74, 6) is -1.06. The van der Waals surface area contributed by atoms with Crippen molar-refractivity contribution in [3.05, 3.63) is 27.7 Å². The minimum absolute atomic E-state index is 0.379. The second-order valence-electron chi connectivity index (χ2n) is 3.78. The van der Waals surface area contributed by atoms with E-state index in [-0.39, 0.29) is 0 Å². The SMILES string of the molecule is Cc1cc(C)c(NC(=O)CC(F)(F)F)c(Br)c1. The lowest BCUT2D eigenvalue weighted by Crippen LogP contribution is -2.21. The normalized spacial score (nSPS) is 11.4. The van der Waals surface area contributed by atoms with Gasteiger partial charge in [-0.15, -0.1) is 0 Å². The minimum atomic E-state index is -4.49.